The van der Waals surface area contributed by atoms with Gasteiger partial charge in [0.15, 0.2) is 0 Å². The molecule has 1 saturated heterocycles. The second kappa shape index (κ2) is 3.42. The summed E-state index contributed by atoms with van der Waals surface area (Å²) in [6.07, 6.45) is 2.69. The molecule has 1 atom stereocenters. The molecule has 1 aromatic heterocycles. The molecule has 0 unspecified atom stereocenters. The molecule has 1 fully saturated rings. The summed E-state index contributed by atoms with van der Waals surface area (Å²) in [4.78, 5) is 13.4. The van der Waals surface area contributed by atoms with E-state index in [1.165, 1.54) is 4.68 Å². The monoisotopic (exact) mass is 194 g/mol. The normalized spacial score (nSPS) is 21.6. The first-order valence-electron chi connectivity index (χ1n) is 4.71. The zero-order valence-corrected chi connectivity index (χ0v) is 8.18. The van der Waals surface area contributed by atoms with Crippen molar-refractivity contribution in [2.75, 3.05) is 18.0 Å². The van der Waals surface area contributed by atoms with Crippen LogP contribution in [-0.2, 0) is 7.05 Å². The van der Waals surface area contributed by atoms with Crippen molar-refractivity contribution in [3.8, 4) is 0 Å². The molecule has 2 rings (SSSR count). The highest BCUT2D eigenvalue weighted by atomic mass is 16.1. The first-order chi connectivity index (χ1) is 6.66. The van der Waals surface area contributed by atoms with Gasteiger partial charge >= 0.3 is 0 Å². The van der Waals surface area contributed by atoms with Gasteiger partial charge in [0.25, 0.3) is 5.56 Å². The van der Waals surface area contributed by atoms with Crippen molar-refractivity contribution in [2.45, 2.75) is 12.5 Å². The molecule has 0 aliphatic carbocycles. The van der Waals surface area contributed by atoms with E-state index in [4.69, 9.17) is 5.73 Å². The molecule has 1 aliphatic rings. The molecule has 1 aliphatic heterocycles. The van der Waals surface area contributed by atoms with E-state index in [0.717, 1.165) is 25.2 Å². The highest BCUT2D eigenvalue weighted by Crippen LogP contribution is 2.16. The molecule has 0 saturated carbocycles. The maximum atomic E-state index is 11.3. The van der Waals surface area contributed by atoms with Gasteiger partial charge in [-0.3, -0.25) is 4.79 Å². The summed E-state index contributed by atoms with van der Waals surface area (Å²) < 4.78 is 1.32. The molecule has 0 spiro atoms. The molecule has 0 bridgehead atoms. The Morgan fingerprint density at radius 2 is 2.43 bits per heavy atom. The molecule has 5 nitrogen and oxygen atoms in total. The van der Waals surface area contributed by atoms with Gasteiger partial charge in [0.2, 0.25) is 0 Å². The van der Waals surface area contributed by atoms with Gasteiger partial charge < -0.3 is 10.6 Å². The molecule has 14 heavy (non-hydrogen) atoms. The van der Waals surface area contributed by atoms with Crippen LogP contribution in [0.25, 0.3) is 0 Å². The van der Waals surface area contributed by atoms with Crippen molar-refractivity contribution in [3.05, 3.63) is 22.6 Å². The topological polar surface area (TPSA) is 64.2 Å². The first-order valence-corrected chi connectivity index (χ1v) is 4.71. The Balaban J connectivity index is 2.25. The standard InChI is InChI=1S/C9H14N4O/c1-12-9(14)4-8(5-11-12)13-3-2-7(10)6-13/h4-5,7H,2-3,6,10H2,1H3/t7-/m0/s1. The van der Waals surface area contributed by atoms with Crippen molar-refractivity contribution in [3.63, 3.8) is 0 Å². The average molecular weight is 194 g/mol. The Kier molecular flexibility index (Phi) is 2.25. The zero-order valence-electron chi connectivity index (χ0n) is 8.18. The molecule has 76 valence electrons. The summed E-state index contributed by atoms with van der Waals surface area (Å²) in [5.41, 5.74) is 6.58. The van der Waals surface area contributed by atoms with E-state index in [1.54, 1.807) is 19.3 Å². The van der Waals surface area contributed by atoms with Crippen LogP contribution in [0.3, 0.4) is 0 Å². The smallest absolute Gasteiger partial charge is 0.268 e. The SMILES string of the molecule is Cn1ncc(N2CC[C@H](N)C2)cc1=O. The Hall–Kier alpha value is -1.36. The van der Waals surface area contributed by atoms with E-state index in [-0.39, 0.29) is 11.6 Å². The van der Waals surface area contributed by atoms with Crippen molar-refractivity contribution >= 4 is 5.69 Å². The average Bonchev–Trinajstić information content (AvgIpc) is 2.57. The lowest BCUT2D eigenvalue weighted by Gasteiger charge is -2.16. The van der Waals surface area contributed by atoms with Gasteiger partial charge in [0, 0.05) is 32.2 Å². The Morgan fingerprint density at radius 1 is 1.64 bits per heavy atom. The van der Waals surface area contributed by atoms with Crippen molar-refractivity contribution in [1.29, 1.82) is 0 Å². The van der Waals surface area contributed by atoms with Gasteiger partial charge in [-0.1, -0.05) is 0 Å². The number of rotatable bonds is 1. The van der Waals surface area contributed by atoms with E-state index >= 15 is 0 Å². The van der Waals surface area contributed by atoms with E-state index in [1.807, 2.05) is 0 Å². The summed E-state index contributed by atoms with van der Waals surface area (Å²) >= 11 is 0. The number of nitrogens with zero attached hydrogens (tertiary/aromatic N) is 3. The van der Waals surface area contributed by atoms with Crippen LogP contribution >= 0.6 is 0 Å². The number of aryl methyl sites for hydroxylation is 1. The summed E-state index contributed by atoms with van der Waals surface area (Å²) in [6.45, 7) is 1.73. The third kappa shape index (κ3) is 1.63. The third-order valence-electron chi connectivity index (χ3n) is 2.54. The van der Waals surface area contributed by atoms with Gasteiger partial charge in [-0.05, 0) is 6.42 Å². The molecular formula is C9H14N4O. The second-order valence-corrected chi connectivity index (χ2v) is 3.67. The quantitative estimate of drug-likeness (QED) is 0.643. The minimum Gasteiger partial charge on any atom is -0.368 e. The summed E-state index contributed by atoms with van der Waals surface area (Å²) in [5, 5.41) is 3.97. The highest BCUT2D eigenvalue weighted by Gasteiger charge is 2.19. The molecule has 1 aromatic rings. The molecule has 2 N–H and O–H groups in total. The van der Waals surface area contributed by atoms with Gasteiger partial charge in [-0.25, -0.2) is 4.68 Å². The molecule has 2 heterocycles. The minimum atomic E-state index is -0.0806. The van der Waals surface area contributed by atoms with Crippen LogP contribution < -0.4 is 16.2 Å². The van der Waals surface area contributed by atoms with Crippen molar-refractivity contribution in [2.24, 2.45) is 12.8 Å². The van der Waals surface area contributed by atoms with Crippen LogP contribution in [0.2, 0.25) is 0 Å². The van der Waals surface area contributed by atoms with Gasteiger partial charge in [0.05, 0.1) is 11.9 Å². The summed E-state index contributed by atoms with van der Waals surface area (Å²) in [6, 6.07) is 1.82. The van der Waals surface area contributed by atoms with Crippen molar-refractivity contribution < 1.29 is 0 Å². The molecule has 0 amide bonds. The van der Waals surface area contributed by atoms with Crippen LogP contribution in [0.15, 0.2) is 17.1 Å². The summed E-state index contributed by atoms with van der Waals surface area (Å²) in [5.74, 6) is 0. The fraction of sp³-hybridized carbons (Fsp3) is 0.556. The van der Waals surface area contributed by atoms with Crippen LogP contribution in [-0.4, -0.2) is 28.9 Å². The number of anilines is 1. The van der Waals surface area contributed by atoms with E-state index in [9.17, 15) is 4.79 Å². The van der Waals surface area contributed by atoms with E-state index < -0.39 is 0 Å². The molecular weight excluding hydrogens is 180 g/mol. The zero-order chi connectivity index (χ0) is 10.1. The number of hydrogen-bond donors (Lipinski definition) is 1. The van der Waals surface area contributed by atoms with E-state index in [0.29, 0.717) is 0 Å². The Morgan fingerprint density at radius 3 is 3.00 bits per heavy atom. The number of hydrogen-bond acceptors (Lipinski definition) is 4. The first kappa shape index (κ1) is 9.21. The van der Waals surface area contributed by atoms with Crippen LogP contribution in [0.4, 0.5) is 5.69 Å². The largest absolute Gasteiger partial charge is 0.368 e. The summed E-state index contributed by atoms with van der Waals surface area (Å²) in [7, 11) is 1.64. The lowest BCUT2D eigenvalue weighted by atomic mass is 10.3. The number of aromatic nitrogens is 2. The Labute approximate surface area is 82.1 Å². The molecule has 0 aromatic carbocycles. The molecule has 0 radical (unpaired) electrons. The minimum absolute atomic E-state index is 0.0806. The van der Waals surface area contributed by atoms with Crippen molar-refractivity contribution in [1.82, 2.24) is 9.78 Å². The fourth-order valence-electron chi connectivity index (χ4n) is 1.65. The molecule has 5 heteroatoms. The third-order valence-corrected chi connectivity index (χ3v) is 2.54. The Bertz CT molecular complexity index is 387. The predicted molar refractivity (Wildman–Crippen MR) is 54.3 cm³/mol. The fourth-order valence-corrected chi connectivity index (χ4v) is 1.65. The van der Waals surface area contributed by atoms with Gasteiger partial charge in [0.1, 0.15) is 0 Å². The maximum Gasteiger partial charge on any atom is 0.268 e. The van der Waals surface area contributed by atoms with Crippen LogP contribution in [0.5, 0.6) is 0 Å². The lowest BCUT2D eigenvalue weighted by Crippen LogP contribution is -2.28. The highest BCUT2D eigenvalue weighted by molar-refractivity contribution is 5.44. The van der Waals surface area contributed by atoms with Gasteiger partial charge in [-0.2, -0.15) is 5.10 Å². The van der Waals surface area contributed by atoms with Crippen LogP contribution in [0.1, 0.15) is 6.42 Å². The lowest BCUT2D eigenvalue weighted by molar-refractivity contribution is 0.703. The predicted octanol–water partition coefficient (Wildman–Crippen LogP) is -0.682. The van der Waals surface area contributed by atoms with Gasteiger partial charge in [-0.15, -0.1) is 0 Å². The van der Waals surface area contributed by atoms with Crippen LogP contribution in [0, 0.1) is 0 Å². The van der Waals surface area contributed by atoms with E-state index in [2.05, 4.69) is 10.00 Å². The maximum absolute atomic E-state index is 11.3. The number of nitrogens with two attached hydrogens (primary N) is 1. The second-order valence-electron chi connectivity index (χ2n) is 3.67.